The van der Waals surface area contributed by atoms with Crippen LogP contribution in [0.25, 0.3) is 0 Å². The molecule has 3 atom stereocenters. The second-order valence-electron chi connectivity index (χ2n) is 10.5. The van der Waals surface area contributed by atoms with Crippen molar-refractivity contribution in [3.63, 3.8) is 0 Å². The van der Waals surface area contributed by atoms with Crippen LogP contribution in [-0.2, 0) is 20.3 Å². The monoisotopic (exact) mass is 552 g/mol. The van der Waals surface area contributed by atoms with E-state index in [1.807, 2.05) is 36.4 Å². The van der Waals surface area contributed by atoms with Gasteiger partial charge >= 0.3 is 5.97 Å². The molecule has 4 rings (SSSR count). The van der Waals surface area contributed by atoms with Crippen molar-refractivity contribution in [2.24, 2.45) is 0 Å². The molecule has 1 aliphatic heterocycles. The molecule has 1 saturated heterocycles. The van der Waals surface area contributed by atoms with Crippen LogP contribution in [-0.4, -0.2) is 56.8 Å². The van der Waals surface area contributed by atoms with E-state index in [9.17, 15) is 9.35 Å². The third-order valence-electron chi connectivity index (χ3n) is 7.05. The molecule has 0 aliphatic carbocycles. The summed E-state index contributed by atoms with van der Waals surface area (Å²) in [4.78, 5) is 12.9. The molecule has 38 heavy (non-hydrogen) atoms. The fourth-order valence-electron chi connectivity index (χ4n) is 5.18. The Morgan fingerprint density at radius 3 is 2.08 bits per heavy atom. The number of ether oxygens (including phenoxy) is 3. The highest BCUT2D eigenvalue weighted by Gasteiger charge is 2.51. The summed E-state index contributed by atoms with van der Waals surface area (Å²) in [7, 11) is 0.300. The summed E-state index contributed by atoms with van der Waals surface area (Å²) >= 11 is -1.18. The minimum atomic E-state index is -2.75. The van der Waals surface area contributed by atoms with Gasteiger partial charge in [0.25, 0.3) is 8.32 Å². The predicted molar refractivity (Wildman–Crippen MR) is 154 cm³/mol. The highest BCUT2D eigenvalue weighted by atomic mass is 32.2. The van der Waals surface area contributed by atoms with E-state index in [4.69, 9.17) is 18.6 Å². The van der Waals surface area contributed by atoms with Gasteiger partial charge in [0.05, 0.1) is 20.8 Å². The number of hydrogen-bond donors (Lipinski definition) is 0. The molecule has 3 aromatic carbocycles. The van der Waals surface area contributed by atoms with Crippen LogP contribution in [0.3, 0.4) is 0 Å². The van der Waals surface area contributed by atoms with Gasteiger partial charge in [-0.25, -0.2) is 4.79 Å². The zero-order valence-corrected chi connectivity index (χ0v) is 24.5. The zero-order chi connectivity index (χ0) is 27.3. The molecule has 0 unspecified atom stereocenters. The summed E-state index contributed by atoms with van der Waals surface area (Å²) in [6.07, 6.45) is 0.0255. The first-order valence-corrected chi connectivity index (χ1v) is 16.0. The highest BCUT2D eigenvalue weighted by molar-refractivity contribution is 7.92. The summed E-state index contributed by atoms with van der Waals surface area (Å²) in [6.45, 7) is 6.99. The van der Waals surface area contributed by atoms with E-state index in [0.29, 0.717) is 35.8 Å². The molecule has 8 heteroatoms. The number of benzene rings is 3. The standard InChI is InChI=1S/C30H36O6SSi/c1-30(2,3)38(25-12-8-6-9-13-25,26-14-10-7-11-15-26)35-20-24-18-23(21-37(24)32)36-29(31)27-17-16-22(33-4)19-28(27)34-5/h6-17,19,23-24H,18,20-21H2,1-5H3/t23-,24+,37-/m1/s1. The molecule has 0 N–H and O–H groups in total. The normalized spacial score (nSPS) is 19.7. The van der Waals surface area contributed by atoms with E-state index < -0.39 is 31.6 Å². The summed E-state index contributed by atoms with van der Waals surface area (Å²) in [6, 6.07) is 25.7. The SMILES string of the molecule is COc1ccc(C(=O)O[C@@H]2C[C@@H](CO[Si](c3ccccc3)(c3ccccc3)C(C)(C)C)[S@+]([O-])C2)c(OC)c1. The lowest BCUT2D eigenvalue weighted by Crippen LogP contribution is -2.67. The Morgan fingerprint density at radius 1 is 0.947 bits per heavy atom. The van der Waals surface area contributed by atoms with Crippen LogP contribution in [0.1, 0.15) is 37.6 Å². The van der Waals surface area contributed by atoms with Crippen LogP contribution in [0.5, 0.6) is 11.5 Å². The molecule has 1 aliphatic rings. The largest absolute Gasteiger partial charge is 0.616 e. The fraction of sp³-hybridized carbons (Fsp3) is 0.367. The molecular weight excluding hydrogens is 516 g/mol. The average molecular weight is 553 g/mol. The third kappa shape index (κ3) is 5.78. The maximum Gasteiger partial charge on any atom is 0.342 e. The zero-order valence-electron chi connectivity index (χ0n) is 22.6. The first kappa shape index (κ1) is 28.2. The van der Waals surface area contributed by atoms with Crippen LogP contribution in [0.15, 0.2) is 78.9 Å². The van der Waals surface area contributed by atoms with E-state index in [1.165, 1.54) is 17.5 Å². The van der Waals surface area contributed by atoms with E-state index in [-0.39, 0.29) is 10.3 Å². The molecular formula is C30H36O6SSi. The van der Waals surface area contributed by atoms with Crippen LogP contribution in [0.4, 0.5) is 0 Å². The molecule has 0 bridgehead atoms. The van der Waals surface area contributed by atoms with Crippen LogP contribution in [0.2, 0.25) is 5.04 Å². The van der Waals surface area contributed by atoms with E-state index in [2.05, 4.69) is 45.0 Å². The lowest BCUT2D eigenvalue weighted by molar-refractivity contribution is 0.0338. The van der Waals surface area contributed by atoms with Gasteiger partial charge in [0, 0.05) is 12.5 Å². The van der Waals surface area contributed by atoms with Gasteiger partial charge in [0.15, 0.2) is 6.10 Å². The van der Waals surface area contributed by atoms with Gasteiger partial charge in [-0.3, -0.25) is 0 Å². The Hall–Kier alpha value is -2.78. The van der Waals surface area contributed by atoms with Crippen molar-refractivity contribution in [3.05, 3.63) is 84.4 Å². The first-order chi connectivity index (χ1) is 18.2. The smallest absolute Gasteiger partial charge is 0.342 e. The van der Waals surface area contributed by atoms with Crippen molar-refractivity contribution < 1.29 is 28.0 Å². The molecule has 0 spiro atoms. The van der Waals surface area contributed by atoms with Gasteiger partial charge in [-0.05, 0) is 38.7 Å². The molecule has 0 saturated carbocycles. The van der Waals surface area contributed by atoms with Gasteiger partial charge in [-0.15, -0.1) is 0 Å². The number of esters is 1. The summed E-state index contributed by atoms with van der Waals surface area (Å²) in [5.74, 6) is 0.750. The quantitative estimate of drug-likeness (QED) is 0.224. The van der Waals surface area contributed by atoms with Crippen molar-refractivity contribution in [1.82, 2.24) is 0 Å². The Bertz CT molecular complexity index is 1170. The molecule has 202 valence electrons. The molecule has 0 radical (unpaired) electrons. The van der Waals surface area contributed by atoms with Gasteiger partial charge in [0.1, 0.15) is 28.1 Å². The first-order valence-electron chi connectivity index (χ1n) is 12.7. The molecule has 6 nitrogen and oxygen atoms in total. The van der Waals surface area contributed by atoms with E-state index >= 15 is 0 Å². The van der Waals surface area contributed by atoms with Gasteiger partial charge in [-0.1, -0.05) is 81.4 Å². The molecule has 1 fully saturated rings. The Morgan fingerprint density at radius 2 is 1.55 bits per heavy atom. The maximum atomic E-state index is 13.2. The second-order valence-corrected chi connectivity index (χ2v) is 16.5. The van der Waals surface area contributed by atoms with Crippen molar-refractivity contribution in [1.29, 1.82) is 0 Å². The van der Waals surface area contributed by atoms with Gasteiger partial charge < -0.3 is 23.2 Å². The number of rotatable bonds is 9. The van der Waals surface area contributed by atoms with Crippen molar-refractivity contribution >= 4 is 35.8 Å². The summed E-state index contributed by atoms with van der Waals surface area (Å²) in [5.41, 5.74) is 0.311. The van der Waals surface area contributed by atoms with Gasteiger partial charge in [-0.2, -0.15) is 0 Å². The van der Waals surface area contributed by atoms with Crippen LogP contribution in [0, 0.1) is 0 Å². The topological polar surface area (TPSA) is 77.1 Å². The van der Waals surface area contributed by atoms with Crippen molar-refractivity contribution in [3.8, 4) is 11.5 Å². The summed E-state index contributed by atoms with van der Waals surface area (Å²) in [5, 5.41) is 1.95. The fourth-order valence-corrected chi connectivity index (χ4v) is 11.4. The number of carbonyl (C=O) groups is 1. The number of hydrogen-bond acceptors (Lipinski definition) is 6. The highest BCUT2D eigenvalue weighted by Crippen LogP contribution is 2.38. The minimum absolute atomic E-state index is 0.174. The van der Waals surface area contributed by atoms with Crippen LogP contribution < -0.4 is 19.8 Å². The Kier molecular flexibility index (Phi) is 8.87. The van der Waals surface area contributed by atoms with E-state index in [1.54, 1.807) is 25.3 Å². The third-order valence-corrected chi connectivity index (χ3v) is 13.8. The van der Waals surface area contributed by atoms with Crippen LogP contribution >= 0.6 is 0 Å². The number of carbonyl (C=O) groups excluding carboxylic acids is 1. The lowest BCUT2D eigenvalue weighted by Gasteiger charge is -2.43. The number of methoxy groups -OCH3 is 2. The predicted octanol–water partition coefficient (Wildman–Crippen LogP) is 4.33. The van der Waals surface area contributed by atoms with E-state index in [0.717, 1.165) is 0 Å². The molecule has 1 heterocycles. The average Bonchev–Trinajstić information content (AvgIpc) is 3.27. The minimum Gasteiger partial charge on any atom is -0.616 e. The van der Waals surface area contributed by atoms with Crippen molar-refractivity contribution in [2.75, 3.05) is 26.6 Å². The van der Waals surface area contributed by atoms with Crippen molar-refractivity contribution in [2.45, 2.75) is 43.6 Å². The maximum absolute atomic E-state index is 13.2. The molecule has 3 aromatic rings. The Balaban J connectivity index is 1.52. The molecule has 0 aromatic heterocycles. The lowest BCUT2D eigenvalue weighted by atomic mass is 10.2. The Labute approximate surface area is 229 Å². The van der Waals surface area contributed by atoms with Gasteiger partial charge in [0.2, 0.25) is 0 Å². The second kappa shape index (κ2) is 11.9. The summed E-state index contributed by atoms with van der Waals surface area (Å²) < 4.78 is 36.5. The molecule has 0 amide bonds.